The molecular formula is C5H3F7O2. The fraction of sp³-hybridized carbons (Fsp3) is 0.800. The molecule has 0 aromatic heterocycles. The monoisotopic (exact) mass is 228 g/mol. The molecule has 0 fully saturated rings. The van der Waals surface area contributed by atoms with Crippen molar-refractivity contribution in [2.75, 3.05) is 0 Å². The Morgan fingerprint density at radius 1 is 1.00 bits per heavy atom. The Kier molecular flexibility index (Phi) is 3.35. The van der Waals surface area contributed by atoms with Crippen LogP contribution in [0.25, 0.3) is 0 Å². The van der Waals surface area contributed by atoms with Crippen LogP contribution < -0.4 is 0 Å². The SMILES string of the molecule is O=C(O)C(F)C(F)(F)C(F)(F)C(F)F. The van der Waals surface area contributed by atoms with Crippen molar-refractivity contribution in [1.29, 1.82) is 0 Å². The summed E-state index contributed by atoms with van der Waals surface area (Å²) in [5, 5.41) is 7.63. The molecule has 0 aliphatic carbocycles. The third-order valence-corrected chi connectivity index (χ3v) is 1.25. The highest BCUT2D eigenvalue weighted by molar-refractivity contribution is 5.73. The van der Waals surface area contributed by atoms with Crippen LogP contribution in [0, 0.1) is 0 Å². The Hall–Kier alpha value is -1.02. The minimum atomic E-state index is -6.02. The lowest BCUT2D eigenvalue weighted by molar-refractivity contribution is -0.283. The topological polar surface area (TPSA) is 37.3 Å². The zero-order valence-electron chi connectivity index (χ0n) is 6.16. The van der Waals surface area contributed by atoms with E-state index in [4.69, 9.17) is 5.11 Å². The summed E-state index contributed by atoms with van der Waals surface area (Å²) >= 11 is 0. The largest absolute Gasteiger partial charge is 0.479 e. The summed E-state index contributed by atoms with van der Waals surface area (Å²) in [6, 6.07) is 0. The van der Waals surface area contributed by atoms with Crippen LogP contribution in [0.4, 0.5) is 30.7 Å². The minimum Gasteiger partial charge on any atom is -0.479 e. The smallest absolute Gasteiger partial charge is 0.372 e. The van der Waals surface area contributed by atoms with Gasteiger partial charge in [0.15, 0.2) is 0 Å². The molecule has 0 aliphatic heterocycles. The molecule has 84 valence electrons. The van der Waals surface area contributed by atoms with Crippen molar-refractivity contribution in [2.45, 2.75) is 24.4 Å². The van der Waals surface area contributed by atoms with Crippen LogP contribution in [-0.4, -0.2) is 35.5 Å². The quantitative estimate of drug-likeness (QED) is 0.746. The predicted octanol–water partition coefficient (Wildman–Crippen LogP) is 1.94. The summed E-state index contributed by atoms with van der Waals surface area (Å²) < 4.78 is 82.8. The summed E-state index contributed by atoms with van der Waals surface area (Å²) in [6.07, 6.45) is -9.23. The van der Waals surface area contributed by atoms with Crippen molar-refractivity contribution in [3.8, 4) is 0 Å². The van der Waals surface area contributed by atoms with E-state index in [0.29, 0.717) is 0 Å². The normalized spacial score (nSPS) is 15.7. The van der Waals surface area contributed by atoms with Gasteiger partial charge in [-0.1, -0.05) is 0 Å². The van der Waals surface area contributed by atoms with Crippen molar-refractivity contribution in [3.63, 3.8) is 0 Å². The molecule has 1 atom stereocenters. The number of alkyl halides is 7. The van der Waals surface area contributed by atoms with Gasteiger partial charge in [-0.25, -0.2) is 18.0 Å². The Balaban J connectivity index is 5.03. The lowest BCUT2D eigenvalue weighted by atomic mass is 10.1. The van der Waals surface area contributed by atoms with Crippen molar-refractivity contribution < 1.29 is 40.6 Å². The Bertz CT molecular complexity index is 226. The minimum absolute atomic E-state index is 2.93. The van der Waals surface area contributed by atoms with Gasteiger partial charge in [-0.3, -0.25) is 0 Å². The second-order valence-electron chi connectivity index (χ2n) is 2.25. The van der Waals surface area contributed by atoms with Gasteiger partial charge in [-0.15, -0.1) is 0 Å². The highest BCUT2D eigenvalue weighted by Gasteiger charge is 2.69. The Morgan fingerprint density at radius 2 is 1.36 bits per heavy atom. The van der Waals surface area contributed by atoms with E-state index in [2.05, 4.69) is 0 Å². The standard InChI is InChI=1S/C5H3F7O2/c6-1(2(13)14)4(9,10)5(11,12)3(7)8/h1,3H,(H,13,14). The summed E-state index contributed by atoms with van der Waals surface area (Å²) in [5.41, 5.74) is 0. The van der Waals surface area contributed by atoms with Gasteiger partial charge >= 0.3 is 24.2 Å². The summed E-state index contributed by atoms with van der Waals surface area (Å²) in [5.74, 6) is -14.9. The molecule has 9 heteroatoms. The van der Waals surface area contributed by atoms with E-state index in [0.717, 1.165) is 0 Å². The van der Waals surface area contributed by atoms with Crippen LogP contribution in [0.3, 0.4) is 0 Å². The third-order valence-electron chi connectivity index (χ3n) is 1.25. The third kappa shape index (κ3) is 1.90. The van der Waals surface area contributed by atoms with Crippen molar-refractivity contribution in [2.24, 2.45) is 0 Å². The first-order valence-electron chi connectivity index (χ1n) is 2.95. The average Bonchev–Trinajstić information content (AvgIpc) is 2.01. The van der Waals surface area contributed by atoms with Gasteiger partial charge < -0.3 is 5.11 Å². The van der Waals surface area contributed by atoms with Gasteiger partial charge in [-0.05, 0) is 0 Å². The van der Waals surface area contributed by atoms with Crippen LogP contribution >= 0.6 is 0 Å². The van der Waals surface area contributed by atoms with Crippen LogP contribution in [0.1, 0.15) is 0 Å². The molecule has 0 saturated carbocycles. The number of hydrogen-bond donors (Lipinski definition) is 1. The molecule has 0 bridgehead atoms. The molecule has 0 spiro atoms. The van der Waals surface area contributed by atoms with E-state index in [1.807, 2.05) is 0 Å². The summed E-state index contributed by atoms with van der Waals surface area (Å²) in [7, 11) is 0. The number of hydrogen-bond acceptors (Lipinski definition) is 1. The molecule has 0 aliphatic rings. The maximum absolute atomic E-state index is 12.1. The lowest BCUT2D eigenvalue weighted by Crippen LogP contribution is -2.54. The number of rotatable bonds is 4. The Morgan fingerprint density at radius 3 is 1.57 bits per heavy atom. The maximum Gasteiger partial charge on any atom is 0.372 e. The predicted molar refractivity (Wildman–Crippen MR) is 28.4 cm³/mol. The molecule has 0 amide bonds. The fourth-order valence-corrected chi connectivity index (χ4v) is 0.470. The number of carbonyl (C=O) groups is 1. The first-order valence-corrected chi connectivity index (χ1v) is 2.95. The van der Waals surface area contributed by atoms with Gasteiger partial charge in [0, 0.05) is 0 Å². The molecule has 2 nitrogen and oxygen atoms in total. The molecule has 0 aromatic carbocycles. The van der Waals surface area contributed by atoms with E-state index >= 15 is 0 Å². The van der Waals surface area contributed by atoms with Crippen molar-refractivity contribution in [3.05, 3.63) is 0 Å². The summed E-state index contributed by atoms with van der Waals surface area (Å²) in [6.45, 7) is 0. The van der Waals surface area contributed by atoms with E-state index in [1.165, 1.54) is 0 Å². The van der Waals surface area contributed by atoms with Gasteiger partial charge in [0.05, 0.1) is 0 Å². The molecule has 1 unspecified atom stereocenters. The van der Waals surface area contributed by atoms with Crippen molar-refractivity contribution in [1.82, 2.24) is 0 Å². The molecule has 0 saturated heterocycles. The van der Waals surface area contributed by atoms with E-state index < -0.39 is 30.4 Å². The van der Waals surface area contributed by atoms with Gasteiger partial charge in [0.2, 0.25) is 0 Å². The van der Waals surface area contributed by atoms with Crippen LogP contribution in [0.2, 0.25) is 0 Å². The van der Waals surface area contributed by atoms with E-state index in [9.17, 15) is 35.5 Å². The second-order valence-corrected chi connectivity index (χ2v) is 2.25. The first-order chi connectivity index (χ1) is 6.05. The Labute approximate surface area is 72.3 Å². The molecule has 14 heavy (non-hydrogen) atoms. The van der Waals surface area contributed by atoms with E-state index in [-0.39, 0.29) is 0 Å². The number of halogens is 7. The molecule has 0 heterocycles. The number of aliphatic carboxylic acids is 1. The number of carboxylic acid groups (broad SMARTS) is 1. The maximum atomic E-state index is 12.1. The van der Waals surface area contributed by atoms with Crippen molar-refractivity contribution >= 4 is 5.97 Å². The zero-order chi connectivity index (χ0) is 11.7. The highest BCUT2D eigenvalue weighted by atomic mass is 19.3. The van der Waals surface area contributed by atoms with Gasteiger partial charge in [0.1, 0.15) is 0 Å². The average molecular weight is 228 g/mol. The molecule has 0 aromatic rings. The van der Waals surface area contributed by atoms with E-state index in [1.54, 1.807) is 0 Å². The zero-order valence-corrected chi connectivity index (χ0v) is 6.16. The lowest BCUT2D eigenvalue weighted by Gasteiger charge is -2.26. The molecular weight excluding hydrogens is 225 g/mol. The molecule has 1 N–H and O–H groups in total. The summed E-state index contributed by atoms with van der Waals surface area (Å²) in [4.78, 5) is 9.58. The van der Waals surface area contributed by atoms with Crippen LogP contribution in [0.5, 0.6) is 0 Å². The second kappa shape index (κ2) is 3.62. The first kappa shape index (κ1) is 13.0. The van der Waals surface area contributed by atoms with Crippen LogP contribution in [0.15, 0.2) is 0 Å². The number of carboxylic acids is 1. The fourth-order valence-electron chi connectivity index (χ4n) is 0.470. The van der Waals surface area contributed by atoms with Crippen LogP contribution in [-0.2, 0) is 4.79 Å². The molecule has 0 rings (SSSR count). The van der Waals surface area contributed by atoms with Gasteiger partial charge in [-0.2, -0.15) is 17.6 Å². The highest BCUT2D eigenvalue weighted by Crippen LogP contribution is 2.42. The van der Waals surface area contributed by atoms with Gasteiger partial charge in [0.25, 0.3) is 6.17 Å². The molecule has 0 radical (unpaired) electrons.